The number of hydrogen-bond acceptors (Lipinski definition) is 3. The largest absolute Gasteiger partial charge is 0.398 e. The summed E-state index contributed by atoms with van der Waals surface area (Å²) in [5, 5.41) is 7.38. The fourth-order valence-electron chi connectivity index (χ4n) is 1.12. The molecule has 14 heavy (non-hydrogen) atoms. The summed E-state index contributed by atoms with van der Waals surface area (Å²) >= 11 is 0. The van der Waals surface area contributed by atoms with Crippen molar-refractivity contribution in [1.29, 1.82) is 5.41 Å². The lowest BCUT2D eigenvalue weighted by Gasteiger charge is -2.05. The van der Waals surface area contributed by atoms with Gasteiger partial charge in [0.15, 0.2) is 6.29 Å². The van der Waals surface area contributed by atoms with Gasteiger partial charge >= 0.3 is 0 Å². The van der Waals surface area contributed by atoms with Crippen LogP contribution in [0.3, 0.4) is 0 Å². The standard InChI is InChI=1S/C9H10N2O.C2H6/c1-6(10)9-7(5-12)3-2-4-8(9)11;1-2/h2-5,10H,11H2,1H3;1-2H3. The highest BCUT2D eigenvalue weighted by atomic mass is 16.1. The molecule has 0 heterocycles. The number of hydrogen-bond donors (Lipinski definition) is 2. The highest BCUT2D eigenvalue weighted by molar-refractivity contribution is 6.07. The Bertz CT molecular complexity index is 332. The fraction of sp³-hybridized carbons (Fsp3) is 0.273. The van der Waals surface area contributed by atoms with Crippen molar-refractivity contribution in [1.82, 2.24) is 0 Å². The zero-order valence-electron chi connectivity index (χ0n) is 8.79. The van der Waals surface area contributed by atoms with Gasteiger partial charge in [-0.1, -0.05) is 26.0 Å². The Labute approximate surface area is 84.4 Å². The van der Waals surface area contributed by atoms with Gasteiger partial charge in [-0.2, -0.15) is 0 Å². The second kappa shape index (κ2) is 5.91. The number of benzene rings is 1. The zero-order chi connectivity index (χ0) is 11.1. The van der Waals surface area contributed by atoms with Crippen LogP contribution in [0.1, 0.15) is 36.7 Å². The van der Waals surface area contributed by atoms with Gasteiger partial charge in [0.2, 0.25) is 0 Å². The number of nitrogens with two attached hydrogens (primary N) is 1. The highest BCUT2D eigenvalue weighted by Gasteiger charge is 2.06. The van der Waals surface area contributed by atoms with Crippen molar-refractivity contribution in [2.75, 3.05) is 5.73 Å². The first-order valence-electron chi connectivity index (χ1n) is 4.56. The van der Waals surface area contributed by atoms with Crippen molar-refractivity contribution in [3.63, 3.8) is 0 Å². The van der Waals surface area contributed by atoms with Crippen molar-refractivity contribution < 1.29 is 4.79 Å². The summed E-state index contributed by atoms with van der Waals surface area (Å²) < 4.78 is 0. The SMILES string of the molecule is CC.CC(=N)c1c(N)cccc1C=O. The molecule has 3 N–H and O–H groups in total. The third-order valence-corrected chi connectivity index (χ3v) is 1.63. The molecule has 0 aliphatic carbocycles. The number of rotatable bonds is 2. The lowest BCUT2D eigenvalue weighted by Crippen LogP contribution is -2.03. The lowest BCUT2D eigenvalue weighted by molar-refractivity contribution is 0.112. The molecule has 0 amide bonds. The summed E-state index contributed by atoms with van der Waals surface area (Å²) in [5.41, 5.74) is 7.40. The summed E-state index contributed by atoms with van der Waals surface area (Å²) in [5.74, 6) is 0. The number of carbonyl (C=O) groups is 1. The van der Waals surface area contributed by atoms with Crippen molar-refractivity contribution in [2.24, 2.45) is 0 Å². The minimum absolute atomic E-state index is 0.315. The summed E-state index contributed by atoms with van der Waals surface area (Å²) in [6.45, 7) is 5.61. The van der Waals surface area contributed by atoms with Gasteiger partial charge in [0.25, 0.3) is 0 Å². The second-order valence-corrected chi connectivity index (χ2v) is 2.55. The van der Waals surface area contributed by atoms with Gasteiger partial charge < -0.3 is 11.1 Å². The number of nitrogen functional groups attached to an aromatic ring is 1. The average Bonchev–Trinajstić information content (AvgIpc) is 2.19. The minimum Gasteiger partial charge on any atom is -0.398 e. The van der Waals surface area contributed by atoms with E-state index in [1.807, 2.05) is 13.8 Å². The molecular formula is C11H16N2O. The van der Waals surface area contributed by atoms with Crippen LogP contribution >= 0.6 is 0 Å². The molecule has 0 aliphatic heterocycles. The normalized spacial score (nSPS) is 8.50. The molecule has 1 aromatic carbocycles. The third-order valence-electron chi connectivity index (χ3n) is 1.63. The zero-order valence-corrected chi connectivity index (χ0v) is 8.79. The van der Waals surface area contributed by atoms with Crippen LogP contribution in [0, 0.1) is 5.41 Å². The van der Waals surface area contributed by atoms with Crippen LogP contribution in [0.2, 0.25) is 0 Å². The van der Waals surface area contributed by atoms with E-state index in [0.717, 1.165) is 0 Å². The second-order valence-electron chi connectivity index (χ2n) is 2.55. The number of aldehydes is 1. The smallest absolute Gasteiger partial charge is 0.150 e. The van der Waals surface area contributed by atoms with E-state index in [0.29, 0.717) is 28.8 Å². The monoisotopic (exact) mass is 192 g/mol. The number of nitrogens with one attached hydrogen (secondary N) is 1. The fourth-order valence-corrected chi connectivity index (χ4v) is 1.12. The van der Waals surface area contributed by atoms with Gasteiger partial charge in [-0.05, 0) is 13.0 Å². The lowest BCUT2D eigenvalue weighted by atomic mass is 10.0. The maximum absolute atomic E-state index is 10.5. The minimum atomic E-state index is 0.315. The summed E-state index contributed by atoms with van der Waals surface area (Å²) in [4.78, 5) is 10.5. The Hall–Kier alpha value is -1.64. The average molecular weight is 192 g/mol. The molecule has 0 atom stereocenters. The van der Waals surface area contributed by atoms with Crippen LogP contribution < -0.4 is 5.73 Å². The van der Waals surface area contributed by atoms with E-state index in [2.05, 4.69) is 0 Å². The molecule has 0 fully saturated rings. The van der Waals surface area contributed by atoms with Gasteiger partial charge in [-0.25, -0.2) is 0 Å². The molecular weight excluding hydrogens is 176 g/mol. The van der Waals surface area contributed by atoms with Gasteiger partial charge in [0, 0.05) is 22.5 Å². The molecule has 0 saturated carbocycles. The Morgan fingerprint density at radius 2 is 2.00 bits per heavy atom. The van der Waals surface area contributed by atoms with E-state index in [9.17, 15) is 4.79 Å². The first-order chi connectivity index (χ1) is 6.66. The van der Waals surface area contributed by atoms with Crippen LogP contribution in [0.15, 0.2) is 18.2 Å². The Balaban J connectivity index is 0.000000791. The van der Waals surface area contributed by atoms with E-state index in [4.69, 9.17) is 11.1 Å². The highest BCUT2D eigenvalue weighted by Crippen LogP contribution is 2.15. The van der Waals surface area contributed by atoms with Crippen molar-refractivity contribution in [3.05, 3.63) is 29.3 Å². The first-order valence-corrected chi connectivity index (χ1v) is 4.56. The molecule has 0 unspecified atom stereocenters. The van der Waals surface area contributed by atoms with E-state index in [1.165, 1.54) is 0 Å². The maximum Gasteiger partial charge on any atom is 0.150 e. The quantitative estimate of drug-likeness (QED) is 0.429. The van der Waals surface area contributed by atoms with Crippen LogP contribution in [-0.4, -0.2) is 12.0 Å². The Morgan fingerprint density at radius 1 is 1.43 bits per heavy atom. The van der Waals surface area contributed by atoms with Crippen molar-refractivity contribution >= 4 is 17.7 Å². The first kappa shape index (κ1) is 12.4. The Morgan fingerprint density at radius 3 is 2.36 bits per heavy atom. The van der Waals surface area contributed by atoms with E-state index in [-0.39, 0.29) is 0 Å². The summed E-state index contributed by atoms with van der Waals surface area (Å²) in [6, 6.07) is 5.03. The molecule has 0 bridgehead atoms. The molecule has 3 nitrogen and oxygen atoms in total. The topological polar surface area (TPSA) is 66.9 Å². The van der Waals surface area contributed by atoms with Gasteiger partial charge in [0.05, 0.1) is 0 Å². The molecule has 1 aromatic rings. The molecule has 3 heteroatoms. The number of anilines is 1. The van der Waals surface area contributed by atoms with E-state index < -0.39 is 0 Å². The summed E-state index contributed by atoms with van der Waals surface area (Å²) in [7, 11) is 0. The van der Waals surface area contributed by atoms with E-state index in [1.54, 1.807) is 25.1 Å². The summed E-state index contributed by atoms with van der Waals surface area (Å²) in [6.07, 6.45) is 0.712. The Kier molecular flexibility index (Phi) is 5.22. The predicted molar refractivity (Wildman–Crippen MR) is 60.1 cm³/mol. The third kappa shape index (κ3) is 2.69. The molecule has 0 aromatic heterocycles. The van der Waals surface area contributed by atoms with Gasteiger partial charge in [0.1, 0.15) is 0 Å². The number of carbonyl (C=O) groups excluding carboxylic acids is 1. The van der Waals surface area contributed by atoms with Gasteiger partial charge in [-0.15, -0.1) is 0 Å². The maximum atomic E-state index is 10.5. The molecule has 0 saturated heterocycles. The van der Waals surface area contributed by atoms with Crippen LogP contribution in [-0.2, 0) is 0 Å². The van der Waals surface area contributed by atoms with Crippen molar-refractivity contribution in [2.45, 2.75) is 20.8 Å². The molecule has 0 spiro atoms. The molecule has 0 radical (unpaired) electrons. The predicted octanol–water partition coefficient (Wildman–Crippen LogP) is 2.50. The van der Waals surface area contributed by atoms with Crippen molar-refractivity contribution in [3.8, 4) is 0 Å². The van der Waals surface area contributed by atoms with E-state index >= 15 is 0 Å². The van der Waals surface area contributed by atoms with Crippen LogP contribution in [0.4, 0.5) is 5.69 Å². The molecule has 0 aliphatic rings. The van der Waals surface area contributed by atoms with Crippen LogP contribution in [0.5, 0.6) is 0 Å². The van der Waals surface area contributed by atoms with Gasteiger partial charge in [-0.3, -0.25) is 4.79 Å². The van der Waals surface area contributed by atoms with Crippen LogP contribution in [0.25, 0.3) is 0 Å². The molecule has 76 valence electrons. The molecule has 1 rings (SSSR count).